The van der Waals surface area contributed by atoms with Gasteiger partial charge in [-0.05, 0) is 44.9 Å². The number of nitrogens with zero attached hydrogens (tertiary/aromatic N) is 3. The molecule has 6 nitrogen and oxygen atoms in total. The molecule has 0 atom stereocenters. The Labute approximate surface area is 153 Å². The molecule has 3 rings (SSSR count). The fourth-order valence-corrected chi connectivity index (χ4v) is 5.23. The van der Waals surface area contributed by atoms with Crippen LogP contribution in [-0.4, -0.2) is 41.7 Å². The van der Waals surface area contributed by atoms with Gasteiger partial charge < -0.3 is 4.74 Å². The van der Waals surface area contributed by atoms with Gasteiger partial charge in [0.2, 0.25) is 10.0 Å². The average Bonchev–Trinajstić information content (AvgIpc) is 2.81. The van der Waals surface area contributed by atoms with E-state index in [1.54, 1.807) is 37.7 Å². The molecule has 25 heavy (non-hydrogen) atoms. The summed E-state index contributed by atoms with van der Waals surface area (Å²) in [6.45, 7) is 4.37. The lowest BCUT2D eigenvalue weighted by molar-refractivity contribution is 0.135. The van der Waals surface area contributed by atoms with Gasteiger partial charge in [0, 0.05) is 25.2 Å². The first-order chi connectivity index (χ1) is 11.8. The molecule has 1 fully saturated rings. The third-order valence-electron chi connectivity index (χ3n) is 4.54. The zero-order valence-corrected chi connectivity index (χ0v) is 16.1. The Balaban J connectivity index is 1.69. The zero-order chi connectivity index (χ0) is 18.2. The smallest absolute Gasteiger partial charge is 0.246 e. The molecule has 0 bridgehead atoms. The van der Waals surface area contributed by atoms with E-state index in [0.717, 1.165) is 0 Å². The van der Waals surface area contributed by atoms with E-state index >= 15 is 0 Å². The summed E-state index contributed by atoms with van der Waals surface area (Å²) in [4.78, 5) is 0.323. The van der Waals surface area contributed by atoms with Crippen molar-refractivity contribution in [2.24, 2.45) is 7.05 Å². The number of halogens is 1. The van der Waals surface area contributed by atoms with E-state index in [1.807, 2.05) is 12.1 Å². The van der Waals surface area contributed by atoms with Crippen molar-refractivity contribution in [3.63, 3.8) is 0 Å². The van der Waals surface area contributed by atoms with E-state index in [2.05, 4.69) is 5.10 Å². The van der Waals surface area contributed by atoms with Crippen molar-refractivity contribution < 1.29 is 13.2 Å². The summed E-state index contributed by atoms with van der Waals surface area (Å²) < 4.78 is 35.0. The van der Waals surface area contributed by atoms with Gasteiger partial charge >= 0.3 is 0 Å². The van der Waals surface area contributed by atoms with Gasteiger partial charge in [0.05, 0.1) is 11.4 Å². The highest BCUT2D eigenvalue weighted by atomic mass is 35.5. The quantitative estimate of drug-likeness (QED) is 0.814. The second kappa shape index (κ2) is 6.97. The highest BCUT2D eigenvalue weighted by Crippen LogP contribution is 2.27. The number of piperidine rings is 1. The van der Waals surface area contributed by atoms with Gasteiger partial charge in [0.1, 0.15) is 16.7 Å². The van der Waals surface area contributed by atoms with Crippen LogP contribution in [0.25, 0.3) is 0 Å². The predicted octanol–water partition coefficient (Wildman–Crippen LogP) is 2.92. The van der Waals surface area contributed by atoms with Gasteiger partial charge in [-0.1, -0.05) is 17.7 Å². The minimum atomic E-state index is -3.53. The predicted molar refractivity (Wildman–Crippen MR) is 96.5 cm³/mol. The first-order valence-electron chi connectivity index (χ1n) is 8.21. The first kappa shape index (κ1) is 18.2. The molecule has 0 N–H and O–H groups in total. The van der Waals surface area contributed by atoms with Crippen LogP contribution in [0.2, 0.25) is 5.02 Å². The van der Waals surface area contributed by atoms with Crippen LogP contribution in [0.1, 0.15) is 24.2 Å². The summed E-state index contributed by atoms with van der Waals surface area (Å²) in [5.74, 6) is 0.716. The summed E-state index contributed by atoms with van der Waals surface area (Å²) in [6, 6.07) is 7.26. The molecule has 0 spiro atoms. The minimum absolute atomic E-state index is 0.0130. The Morgan fingerprint density at radius 1 is 1.24 bits per heavy atom. The lowest BCUT2D eigenvalue weighted by Gasteiger charge is -2.31. The molecule has 1 aromatic carbocycles. The van der Waals surface area contributed by atoms with Gasteiger partial charge in [0.25, 0.3) is 0 Å². The third-order valence-corrected chi connectivity index (χ3v) is 6.93. The monoisotopic (exact) mass is 383 g/mol. The van der Waals surface area contributed by atoms with Crippen LogP contribution in [0.15, 0.2) is 29.2 Å². The summed E-state index contributed by atoms with van der Waals surface area (Å²) in [7, 11) is -1.78. The number of sulfonamides is 1. The zero-order valence-electron chi connectivity index (χ0n) is 14.6. The van der Waals surface area contributed by atoms with Crippen molar-refractivity contribution in [1.82, 2.24) is 14.1 Å². The second-order valence-electron chi connectivity index (χ2n) is 6.30. The van der Waals surface area contributed by atoms with Crippen LogP contribution >= 0.6 is 11.6 Å². The molecule has 1 aliphatic rings. The van der Waals surface area contributed by atoms with Crippen molar-refractivity contribution in [2.75, 3.05) is 13.1 Å². The third kappa shape index (κ3) is 3.68. The number of hydrogen-bond acceptors (Lipinski definition) is 4. The maximum atomic E-state index is 13.0. The number of hydrogen-bond donors (Lipinski definition) is 0. The van der Waals surface area contributed by atoms with Crippen LogP contribution < -0.4 is 4.74 Å². The maximum Gasteiger partial charge on any atom is 0.246 e. The number of benzene rings is 1. The average molecular weight is 384 g/mol. The number of ether oxygens (including phenoxy) is 1. The van der Waals surface area contributed by atoms with Crippen molar-refractivity contribution in [1.29, 1.82) is 0 Å². The molecular formula is C17H22ClN3O3S. The van der Waals surface area contributed by atoms with E-state index in [4.69, 9.17) is 16.3 Å². The molecule has 0 radical (unpaired) electrons. The molecule has 8 heteroatoms. The lowest BCUT2D eigenvalue weighted by atomic mass is 10.1. The van der Waals surface area contributed by atoms with Crippen molar-refractivity contribution in [3.8, 4) is 5.75 Å². The summed E-state index contributed by atoms with van der Waals surface area (Å²) in [5, 5.41) is 4.85. The molecule has 1 aromatic heterocycles. The highest BCUT2D eigenvalue weighted by molar-refractivity contribution is 7.89. The van der Waals surface area contributed by atoms with Gasteiger partial charge in [-0.3, -0.25) is 4.68 Å². The number of rotatable bonds is 4. The highest BCUT2D eigenvalue weighted by Gasteiger charge is 2.33. The van der Waals surface area contributed by atoms with Crippen LogP contribution in [0.5, 0.6) is 5.75 Å². The molecule has 1 aliphatic heterocycles. The van der Waals surface area contributed by atoms with Gasteiger partial charge in [-0.25, -0.2) is 8.42 Å². The first-order valence-corrected chi connectivity index (χ1v) is 10.0. The number of aromatic nitrogens is 2. The molecule has 0 unspecified atom stereocenters. The lowest BCUT2D eigenvalue weighted by Crippen LogP contribution is -2.42. The van der Waals surface area contributed by atoms with E-state index in [1.165, 1.54) is 4.31 Å². The Morgan fingerprint density at radius 3 is 2.48 bits per heavy atom. The standard InChI is InChI=1S/C17H22ClN3O3S/c1-12-17(13(2)20(3)19-12)25(22,23)21-9-7-15(8-10-21)24-16-6-4-5-14(18)11-16/h4-6,11,15H,7-10H2,1-3H3. The molecule has 136 valence electrons. The second-order valence-corrected chi connectivity index (χ2v) is 8.61. The molecule has 1 saturated heterocycles. The topological polar surface area (TPSA) is 64.4 Å². The SMILES string of the molecule is Cc1nn(C)c(C)c1S(=O)(=O)N1CCC(Oc2cccc(Cl)c2)CC1. The molecule has 2 aromatic rings. The van der Waals surface area contributed by atoms with E-state index in [9.17, 15) is 8.42 Å². The molecule has 0 saturated carbocycles. The van der Waals surface area contributed by atoms with Gasteiger partial charge in [-0.2, -0.15) is 9.40 Å². The van der Waals surface area contributed by atoms with Crippen LogP contribution in [-0.2, 0) is 17.1 Å². The van der Waals surface area contributed by atoms with E-state index < -0.39 is 10.0 Å². The van der Waals surface area contributed by atoms with Crippen LogP contribution in [0.3, 0.4) is 0 Å². The molecule has 2 heterocycles. The Bertz CT molecular complexity index is 871. The summed E-state index contributed by atoms with van der Waals surface area (Å²) in [6.07, 6.45) is 1.27. The molecular weight excluding hydrogens is 362 g/mol. The molecule has 0 amide bonds. The summed E-state index contributed by atoms with van der Waals surface area (Å²) >= 11 is 5.97. The Kier molecular flexibility index (Phi) is 5.09. The van der Waals surface area contributed by atoms with Crippen molar-refractivity contribution in [2.45, 2.75) is 37.7 Å². The largest absolute Gasteiger partial charge is 0.490 e. The Morgan fingerprint density at radius 2 is 1.92 bits per heavy atom. The van der Waals surface area contributed by atoms with Gasteiger partial charge in [0.15, 0.2) is 0 Å². The Hall–Kier alpha value is -1.57. The number of aryl methyl sites for hydroxylation is 2. The van der Waals surface area contributed by atoms with E-state index in [0.29, 0.717) is 53.0 Å². The normalized spacial score (nSPS) is 17.0. The van der Waals surface area contributed by atoms with Crippen molar-refractivity contribution in [3.05, 3.63) is 40.7 Å². The fourth-order valence-electron chi connectivity index (χ4n) is 3.18. The summed E-state index contributed by atoms with van der Waals surface area (Å²) in [5.41, 5.74) is 1.20. The minimum Gasteiger partial charge on any atom is -0.490 e. The van der Waals surface area contributed by atoms with Crippen LogP contribution in [0.4, 0.5) is 0 Å². The van der Waals surface area contributed by atoms with Gasteiger partial charge in [-0.15, -0.1) is 0 Å². The fraction of sp³-hybridized carbons (Fsp3) is 0.471. The van der Waals surface area contributed by atoms with Crippen LogP contribution in [0, 0.1) is 13.8 Å². The van der Waals surface area contributed by atoms with Crippen molar-refractivity contribution >= 4 is 21.6 Å². The molecule has 0 aliphatic carbocycles. The van der Waals surface area contributed by atoms with E-state index in [-0.39, 0.29) is 6.10 Å². The maximum absolute atomic E-state index is 13.0.